The molecule has 0 spiro atoms. The van der Waals surface area contributed by atoms with Gasteiger partial charge in [0.15, 0.2) is 5.78 Å². The molecule has 2 nitrogen and oxygen atoms in total. The third kappa shape index (κ3) is 4.18. The minimum atomic E-state index is -0.104. The van der Waals surface area contributed by atoms with E-state index in [4.69, 9.17) is 0 Å². The monoisotopic (exact) mass is 200 g/mol. The Morgan fingerprint density at radius 1 is 1.14 bits per heavy atom. The Morgan fingerprint density at radius 3 is 2.07 bits per heavy atom. The van der Waals surface area contributed by atoms with Crippen molar-refractivity contribution < 1.29 is 9.59 Å². The van der Waals surface area contributed by atoms with E-state index in [0.29, 0.717) is 5.56 Å². The van der Waals surface area contributed by atoms with Crippen molar-refractivity contribution in [3.8, 4) is 0 Å². The van der Waals surface area contributed by atoms with Gasteiger partial charge in [0.05, 0.1) is 6.42 Å². The molecule has 0 aromatic heterocycles. The first-order chi connectivity index (χ1) is 6.09. The van der Waals surface area contributed by atoms with Crippen molar-refractivity contribution >= 4 is 41.1 Å². The first kappa shape index (κ1) is 13.6. The van der Waals surface area contributed by atoms with Crippen LogP contribution in [-0.2, 0) is 4.79 Å². The number of ketones is 2. The van der Waals surface area contributed by atoms with E-state index in [9.17, 15) is 9.59 Å². The standard InChI is InChI=1S/C11H12O2.Na.H/c1-8-3-5-10(6-4-8)11(13)7-9(2)12;;/h3-6H,7H2,1-2H3;;. The molecule has 0 radical (unpaired) electrons. The fourth-order valence-electron chi connectivity index (χ4n) is 1.07. The van der Waals surface area contributed by atoms with Crippen LogP contribution in [0.3, 0.4) is 0 Å². The Balaban J connectivity index is 0.00000169. The molecule has 0 amide bonds. The van der Waals surface area contributed by atoms with E-state index < -0.39 is 0 Å². The second-order valence-electron chi connectivity index (χ2n) is 3.17. The molecule has 70 valence electrons. The van der Waals surface area contributed by atoms with Crippen LogP contribution in [0.15, 0.2) is 24.3 Å². The van der Waals surface area contributed by atoms with Crippen molar-refractivity contribution in [1.82, 2.24) is 0 Å². The van der Waals surface area contributed by atoms with Gasteiger partial charge in [-0.25, -0.2) is 0 Å². The van der Waals surface area contributed by atoms with Crippen LogP contribution >= 0.6 is 0 Å². The fourth-order valence-corrected chi connectivity index (χ4v) is 1.07. The van der Waals surface area contributed by atoms with Crippen molar-refractivity contribution in [2.75, 3.05) is 0 Å². The van der Waals surface area contributed by atoms with Crippen LogP contribution < -0.4 is 0 Å². The number of benzene rings is 1. The molecule has 3 heteroatoms. The van der Waals surface area contributed by atoms with Crippen LogP contribution in [0.1, 0.15) is 29.3 Å². The van der Waals surface area contributed by atoms with E-state index in [-0.39, 0.29) is 47.5 Å². The summed E-state index contributed by atoms with van der Waals surface area (Å²) in [4.78, 5) is 22.0. The Bertz CT molecular complexity index is 328. The number of aryl methyl sites for hydroxylation is 1. The van der Waals surface area contributed by atoms with Crippen LogP contribution in [0.2, 0.25) is 0 Å². The summed E-state index contributed by atoms with van der Waals surface area (Å²) in [5.74, 6) is -0.196. The van der Waals surface area contributed by atoms with Gasteiger partial charge in [-0.05, 0) is 13.8 Å². The van der Waals surface area contributed by atoms with Gasteiger partial charge in [-0.3, -0.25) is 9.59 Å². The number of rotatable bonds is 3. The van der Waals surface area contributed by atoms with Crippen LogP contribution in [0, 0.1) is 6.92 Å². The molecule has 0 N–H and O–H groups in total. The zero-order valence-corrected chi connectivity index (χ0v) is 7.83. The van der Waals surface area contributed by atoms with Crippen molar-refractivity contribution in [1.29, 1.82) is 0 Å². The average Bonchev–Trinajstić information content (AvgIpc) is 2.04. The van der Waals surface area contributed by atoms with Gasteiger partial charge >= 0.3 is 29.6 Å². The molecule has 0 atom stereocenters. The second-order valence-corrected chi connectivity index (χ2v) is 3.17. The van der Waals surface area contributed by atoms with Gasteiger partial charge in [0.1, 0.15) is 5.78 Å². The summed E-state index contributed by atoms with van der Waals surface area (Å²) in [6, 6.07) is 7.24. The maximum atomic E-state index is 11.3. The molecule has 0 heterocycles. The third-order valence-electron chi connectivity index (χ3n) is 1.78. The summed E-state index contributed by atoms with van der Waals surface area (Å²) < 4.78 is 0. The Morgan fingerprint density at radius 2 is 1.64 bits per heavy atom. The summed E-state index contributed by atoms with van der Waals surface area (Å²) in [5, 5.41) is 0. The SMILES string of the molecule is CC(=O)CC(=O)c1ccc(C)cc1.[NaH]. The number of hydrogen-bond donors (Lipinski definition) is 0. The predicted octanol–water partition coefficient (Wildman–Crippen LogP) is 1.51. The van der Waals surface area contributed by atoms with Crippen LogP contribution in [0.4, 0.5) is 0 Å². The Hall–Kier alpha value is -0.440. The molecule has 0 saturated heterocycles. The van der Waals surface area contributed by atoms with Gasteiger partial charge in [0, 0.05) is 5.56 Å². The van der Waals surface area contributed by atoms with E-state index >= 15 is 0 Å². The van der Waals surface area contributed by atoms with Gasteiger partial charge in [-0.1, -0.05) is 29.8 Å². The van der Waals surface area contributed by atoms with Crippen molar-refractivity contribution in [3.05, 3.63) is 35.4 Å². The molecule has 0 aliphatic rings. The zero-order valence-electron chi connectivity index (χ0n) is 7.83. The van der Waals surface area contributed by atoms with Gasteiger partial charge in [-0.2, -0.15) is 0 Å². The Labute approximate surface area is 106 Å². The van der Waals surface area contributed by atoms with Gasteiger partial charge in [-0.15, -0.1) is 0 Å². The topological polar surface area (TPSA) is 34.1 Å². The normalized spacial score (nSPS) is 9.00. The molecular formula is C11H13NaO2. The molecule has 0 aliphatic carbocycles. The molecule has 0 aliphatic heterocycles. The summed E-state index contributed by atoms with van der Waals surface area (Å²) in [5.41, 5.74) is 1.72. The van der Waals surface area contributed by atoms with E-state index in [2.05, 4.69) is 0 Å². The summed E-state index contributed by atoms with van der Waals surface area (Å²) in [7, 11) is 0. The number of hydrogen-bond acceptors (Lipinski definition) is 2. The molecule has 0 saturated carbocycles. The second kappa shape index (κ2) is 6.12. The first-order valence-electron chi connectivity index (χ1n) is 4.19. The number of carbonyl (C=O) groups is 2. The van der Waals surface area contributed by atoms with Gasteiger partial charge in [0.25, 0.3) is 0 Å². The minimum absolute atomic E-state index is 0. The zero-order chi connectivity index (χ0) is 9.84. The molecule has 0 bridgehead atoms. The molecule has 1 rings (SSSR count). The third-order valence-corrected chi connectivity index (χ3v) is 1.78. The first-order valence-corrected chi connectivity index (χ1v) is 4.19. The average molecular weight is 200 g/mol. The van der Waals surface area contributed by atoms with Crippen molar-refractivity contribution in [2.24, 2.45) is 0 Å². The molecule has 0 unspecified atom stereocenters. The van der Waals surface area contributed by atoms with Gasteiger partial charge in [0.2, 0.25) is 0 Å². The molecule has 0 fully saturated rings. The van der Waals surface area contributed by atoms with Crippen molar-refractivity contribution in [3.63, 3.8) is 0 Å². The molecule has 1 aromatic rings. The van der Waals surface area contributed by atoms with E-state index in [0.717, 1.165) is 5.56 Å². The summed E-state index contributed by atoms with van der Waals surface area (Å²) in [6.45, 7) is 3.38. The summed E-state index contributed by atoms with van der Waals surface area (Å²) in [6.07, 6.45) is 0.00304. The number of Topliss-reactive ketones (excluding diaryl/α,β-unsaturated/α-hetero) is 2. The van der Waals surface area contributed by atoms with Crippen LogP contribution in [-0.4, -0.2) is 41.1 Å². The van der Waals surface area contributed by atoms with Crippen LogP contribution in [0.25, 0.3) is 0 Å². The quantitative estimate of drug-likeness (QED) is 0.421. The van der Waals surface area contributed by atoms with E-state index in [1.807, 2.05) is 19.1 Å². The molecular weight excluding hydrogens is 187 g/mol. The predicted molar refractivity (Wildman–Crippen MR) is 58.0 cm³/mol. The van der Waals surface area contributed by atoms with E-state index in [1.165, 1.54) is 6.92 Å². The Kier molecular flexibility index (Phi) is 5.93. The van der Waals surface area contributed by atoms with Gasteiger partial charge < -0.3 is 0 Å². The summed E-state index contributed by atoms with van der Waals surface area (Å²) >= 11 is 0. The maximum absolute atomic E-state index is 11.3. The molecule has 14 heavy (non-hydrogen) atoms. The number of carbonyl (C=O) groups excluding carboxylic acids is 2. The fraction of sp³-hybridized carbons (Fsp3) is 0.273. The van der Waals surface area contributed by atoms with E-state index in [1.54, 1.807) is 12.1 Å². The van der Waals surface area contributed by atoms with Crippen LogP contribution in [0.5, 0.6) is 0 Å². The molecule has 1 aromatic carbocycles. The van der Waals surface area contributed by atoms with Crippen molar-refractivity contribution in [2.45, 2.75) is 20.3 Å².